The van der Waals surface area contributed by atoms with E-state index >= 15 is 0 Å². The number of aromatic nitrogens is 3. The van der Waals surface area contributed by atoms with Gasteiger partial charge >= 0.3 is 0 Å². The molecule has 2 heterocycles. The lowest BCUT2D eigenvalue weighted by atomic mass is 9.48. The van der Waals surface area contributed by atoms with Gasteiger partial charge in [0.05, 0.1) is 0 Å². The molecule has 1 aromatic rings. The van der Waals surface area contributed by atoms with Crippen LogP contribution in [-0.4, -0.2) is 47.2 Å². The molecule has 0 spiro atoms. The fourth-order valence-electron chi connectivity index (χ4n) is 6.69. The highest BCUT2D eigenvalue weighted by atomic mass is 15.3. The number of nitrogens with two attached hydrogens (primary N) is 1. The van der Waals surface area contributed by atoms with Crippen molar-refractivity contribution in [3.05, 3.63) is 0 Å². The van der Waals surface area contributed by atoms with Crippen molar-refractivity contribution in [2.75, 3.05) is 42.1 Å². The molecule has 1 atom stereocenters. The fraction of sp³-hybridized carbons (Fsp3) is 0.850. The van der Waals surface area contributed by atoms with Crippen molar-refractivity contribution in [1.82, 2.24) is 20.3 Å². The highest BCUT2D eigenvalue weighted by Gasteiger charge is 2.53. The van der Waals surface area contributed by atoms with Crippen LogP contribution in [0.4, 0.5) is 17.8 Å². The monoisotopic (exact) mass is 371 g/mol. The fourth-order valence-corrected chi connectivity index (χ4v) is 6.69. The summed E-state index contributed by atoms with van der Waals surface area (Å²) in [7, 11) is 0. The van der Waals surface area contributed by atoms with Crippen LogP contribution >= 0.6 is 0 Å². The van der Waals surface area contributed by atoms with Gasteiger partial charge in [0.15, 0.2) is 0 Å². The van der Waals surface area contributed by atoms with Crippen molar-refractivity contribution < 1.29 is 0 Å². The first-order chi connectivity index (χ1) is 13.1. The van der Waals surface area contributed by atoms with Crippen molar-refractivity contribution in [2.45, 2.75) is 57.9 Å². The molecule has 6 rings (SSSR count). The molecule has 27 heavy (non-hydrogen) atoms. The van der Waals surface area contributed by atoms with Gasteiger partial charge in [-0.15, -0.1) is 0 Å². The zero-order valence-electron chi connectivity index (χ0n) is 16.5. The largest absolute Gasteiger partial charge is 0.368 e. The van der Waals surface area contributed by atoms with Crippen LogP contribution in [0, 0.1) is 23.2 Å². The van der Waals surface area contributed by atoms with Crippen molar-refractivity contribution in [2.24, 2.45) is 23.2 Å². The van der Waals surface area contributed by atoms with Gasteiger partial charge in [0.2, 0.25) is 17.8 Å². The molecule has 0 aromatic carbocycles. The summed E-state index contributed by atoms with van der Waals surface area (Å²) < 4.78 is 0. The number of hydrogen-bond acceptors (Lipinski definition) is 7. The van der Waals surface area contributed by atoms with Gasteiger partial charge in [0.25, 0.3) is 0 Å². The summed E-state index contributed by atoms with van der Waals surface area (Å²) in [5.74, 6) is 4.53. The first kappa shape index (κ1) is 17.5. The van der Waals surface area contributed by atoms with Crippen LogP contribution in [0.3, 0.4) is 0 Å². The number of nitrogens with zero attached hydrogens (tertiary/aromatic N) is 4. The lowest BCUT2D eigenvalue weighted by molar-refractivity contribution is -0.0603. The molecule has 7 nitrogen and oxygen atoms in total. The molecule has 148 valence electrons. The molecule has 4 saturated carbocycles. The van der Waals surface area contributed by atoms with Crippen molar-refractivity contribution in [3.63, 3.8) is 0 Å². The van der Waals surface area contributed by atoms with Crippen LogP contribution in [0.1, 0.15) is 51.9 Å². The molecule has 1 aliphatic heterocycles. The van der Waals surface area contributed by atoms with E-state index in [2.05, 4.69) is 32.4 Å². The Labute approximate surface area is 161 Å². The molecule has 1 aromatic heterocycles. The van der Waals surface area contributed by atoms with E-state index in [4.69, 9.17) is 10.7 Å². The Morgan fingerprint density at radius 3 is 2.44 bits per heavy atom. The van der Waals surface area contributed by atoms with Crippen LogP contribution in [0.2, 0.25) is 0 Å². The predicted octanol–water partition coefficient (Wildman–Crippen LogP) is 2.27. The summed E-state index contributed by atoms with van der Waals surface area (Å²) in [4.78, 5) is 15.8. The molecule has 0 amide bonds. The third-order valence-electron chi connectivity index (χ3n) is 7.61. The van der Waals surface area contributed by atoms with Gasteiger partial charge in [-0.05, 0) is 81.6 Å². The first-order valence-corrected chi connectivity index (χ1v) is 10.8. The molecule has 5 fully saturated rings. The summed E-state index contributed by atoms with van der Waals surface area (Å²) in [5, 5.41) is 7.07. The van der Waals surface area contributed by atoms with Crippen molar-refractivity contribution in [1.29, 1.82) is 0 Å². The third kappa shape index (κ3) is 3.35. The Bertz CT molecular complexity index is 648. The van der Waals surface area contributed by atoms with E-state index < -0.39 is 0 Å². The Hall–Kier alpha value is -1.63. The second-order valence-corrected chi connectivity index (χ2v) is 9.55. The van der Waals surface area contributed by atoms with Gasteiger partial charge < -0.3 is 21.3 Å². The zero-order chi connectivity index (χ0) is 18.4. The standard InChI is InChI=1S/C20H33N7/c1-13(20-10-14-7-15(11-20)9-16(8-14)12-20)23-18-24-17(21)25-19(26-18)27-5-2-3-22-4-6-27/h13-16,22H,2-12H2,1H3,(H3,21,23,24,25,26). The van der Waals surface area contributed by atoms with Crippen molar-refractivity contribution >= 4 is 17.8 Å². The number of nitrogen functional groups attached to an aromatic ring is 1. The topological polar surface area (TPSA) is 92.0 Å². The lowest BCUT2D eigenvalue weighted by Crippen LogP contribution is -2.53. The Kier molecular flexibility index (Phi) is 4.37. The van der Waals surface area contributed by atoms with E-state index in [1.807, 2.05) is 0 Å². The summed E-state index contributed by atoms with van der Waals surface area (Å²) in [6, 6.07) is 0.381. The van der Waals surface area contributed by atoms with Gasteiger partial charge in [-0.1, -0.05) is 0 Å². The maximum absolute atomic E-state index is 6.04. The minimum atomic E-state index is 0.317. The Morgan fingerprint density at radius 2 is 1.74 bits per heavy atom. The van der Waals surface area contributed by atoms with Crippen LogP contribution in [0.15, 0.2) is 0 Å². The SMILES string of the molecule is CC(Nc1nc(N)nc(N2CCCNCC2)n1)C12CC3CC(CC(C3)C1)C2. The van der Waals surface area contributed by atoms with Crippen LogP contribution in [0.25, 0.3) is 0 Å². The van der Waals surface area contributed by atoms with Gasteiger partial charge in [0.1, 0.15) is 0 Å². The molecule has 0 radical (unpaired) electrons. The maximum atomic E-state index is 6.04. The van der Waals surface area contributed by atoms with Crippen LogP contribution in [0.5, 0.6) is 0 Å². The quantitative estimate of drug-likeness (QED) is 0.748. The van der Waals surface area contributed by atoms with Gasteiger partial charge in [-0.3, -0.25) is 0 Å². The Morgan fingerprint density at radius 1 is 1.04 bits per heavy atom. The second-order valence-electron chi connectivity index (χ2n) is 9.55. The van der Waals surface area contributed by atoms with E-state index in [0.717, 1.165) is 50.4 Å². The predicted molar refractivity (Wildman–Crippen MR) is 108 cm³/mol. The molecular weight excluding hydrogens is 338 g/mol. The number of nitrogens with one attached hydrogen (secondary N) is 2. The Balaban J connectivity index is 1.34. The van der Waals surface area contributed by atoms with Crippen LogP contribution in [-0.2, 0) is 0 Å². The lowest BCUT2D eigenvalue weighted by Gasteiger charge is -2.59. The highest BCUT2D eigenvalue weighted by Crippen LogP contribution is 2.61. The maximum Gasteiger partial charge on any atom is 0.231 e. The first-order valence-electron chi connectivity index (χ1n) is 10.8. The molecule has 4 N–H and O–H groups in total. The molecular formula is C20H33N7. The van der Waals surface area contributed by atoms with Gasteiger partial charge in [-0.25, -0.2) is 0 Å². The van der Waals surface area contributed by atoms with E-state index in [9.17, 15) is 0 Å². The van der Waals surface area contributed by atoms with Crippen LogP contribution < -0.4 is 21.3 Å². The normalized spacial score (nSPS) is 36.5. The highest BCUT2D eigenvalue weighted by molar-refractivity contribution is 5.43. The number of rotatable bonds is 4. The molecule has 4 bridgehead atoms. The third-order valence-corrected chi connectivity index (χ3v) is 7.61. The number of hydrogen-bond donors (Lipinski definition) is 3. The van der Waals surface area contributed by atoms with E-state index in [1.165, 1.54) is 38.5 Å². The van der Waals surface area contributed by atoms with E-state index in [-0.39, 0.29) is 0 Å². The minimum absolute atomic E-state index is 0.317. The molecule has 1 saturated heterocycles. The summed E-state index contributed by atoms with van der Waals surface area (Å²) >= 11 is 0. The summed E-state index contributed by atoms with van der Waals surface area (Å²) in [6.07, 6.45) is 9.63. The summed E-state index contributed by atoms with van der Waals surface area (Å²) in [6.45, 7) is 6.21. The second kappa shape index (κ2) is 6.76. The van der Waals surface area contributed by atoms with E-state index in [0.29, 0.717) is 29.3 Å². The average Bonchev–Trinajstić information content (AvgIpc) is 2.89. The zero-order valence-corrected chi connectivity index (χ0v) is 16.5. The molecule has 7 heteroatoms. The number of anilines is 3. The molecule has 5 aliphatic rings. The van der Waals surface area contributed by atoms with E-state index in [1.54, 1.807) is 0 Å². The van der Waals surface area contributed by atoms with Crippen molar-refractivity contribution in [3.8, 4) is 0 Å². The smallest absolute Gasteiger partial charge is 0.231 e. The average molecular weight is 372 g/mol. The summed E-state index contributed by atoms with van der Waals surface area (Å²) in [5.41, 5.74) is 6.46. The molecule has 1 unspecified atom stereocenters. The van der Waals surface area contributed by atoms with Gasteiger partial charge in [-0.2, -0.15) is 15.0 Å². The van der Waals surface area contributed by atoms with Gasteiger partial charge in [0, 0.05) is 25.7 Å². The molecule has 4 aliphatic carbocycles. The minimum Gasteiger partial charge on any atom is -0.368 e.